The van der Waals surface area contributed by atoms with Crippen LogP contribution in [0.1, 0.15) is 23.0 Å². The van der Waals surface area contributed by atoms with Gasteiger partial charge in [-0.25, -0.2) is 8.42 Å². The molecule has 0 saturated carbocycles. The lowest BCUT2D eigenvalue weighted by atomic mass is 10.2. The zero-order valence-corrected chi connectivity index (χ0v) is 9.05. The van der Waals surface area contributed by atoms with E-state index in [1.54, 1.807) is 6.92 Å². The number of aromatic nitrogens is 1. The Hall–Kier alpha value is -1.23. The Labute approximate surface area is 82.9 Å². The topological polar surface area (TPSA) is 64.1 Å². The van der Waals surface area contributed by atoms with Gasteiger partial charge in [-0.2, -0.15) is 0 Å². The third-order valence-corrected chi connectivity index (χ3v) is 2.89. The van der Waals surface area contributed by atoms with Crippen LogP contribution in [0.2, 0.25) is 0 Å². The first-order chi connectivity index (χ1) is 6.32. The molecule has 0 saturated heterocycles. The minimum atomic E-state index is -3.24. The fourth-order valence-corrected chi connectivity index (χ4v) is 1.76. The summed E-state index contributed by atoms with van der Waals surface area (Å²) in [5.41, 5.74) is 0.901. The summed E-state index contributed by atoms with van der Waals surface area (Å²) in [6, 6.07) is 1.46. The largest absolute Gasteiger partial charge is 0.293 e. The highest BCUT2D eigenvalue weighted by atomic mass is 32.2. The van der Waals surface area contributed by atoms with Crippen LogP contribution < -0.4 is 0 Å². The Balaban J connectivity index is 3.34. The van der Waals surface area contributed by atoms with Crippen molar-refractivity contribution in [2.45, 2.75) is 18.7 Å². The van der Waals surface area contributed by atoms with Crippen LogP contribution in [0, 0.1) is 6.92 Å². The Morgan fingerprint density at radius 2 is 2.00 bits per heavy atom. The maximum absolute atomic E-state index is 11.1. The Morgan fingerprint density at radius 1 is 1.43 bits per heavy atom. The predicted octanol–water partition coefficient (Wildman–Crippen LogP) is 0.996. The molecule has 0 fully saturated rings. The molecule has 14 heavy (non-hydrogen) atoms. The van der Waals surface area contributed by atoms with Crippen molar-refractivity contribution in [1.82, 2.24) is 4.98 Å². The van der Waals surface area contributed by atoms with Gasteiger partial charge in [-0.3, -0.25) is 9.78 Å². The highest BCUT2D eigenvalue weighted by Crippen LogP contribution is 2.12. The molecule has 0 aliphatic carbocycles. The van der Waals surface area contributed by atoms with Crippen molar-refractivity contribution in [1.29, 1.82) is 0 Å². The van der Waals surface area contributed by atoms with Gasteiger partial charge < -0.3 is 0 Å². The molecule has 1 heterocycles. The fourth-order valence-electron chi connectivity index (χ4n) is 1.12. The van der Waals surface area contributed by atoms with Crippen LogP contribution in [-0.2, 0) is 9.84 Å². The highest BCUT2D eigenvalue weighted by Gasteiger charge is 2.11. The van der Waals surface area contributed by atoms with E-state index in [4.69, 9.17) is 0 Å². The summed E-state index contributed by atoms with van der Waals surface area (Å²) in [5.74, 6) is -0.164. The van der Waals surface area contributed by atoms with Gasteiger partial charge in [0, 0.05) is 19.4 Å². The lowest BCUT2D eigenvalue weighted by molar-refractivity contribution is 0.101. The first-order valence-electron chi connectivity index (χ1n) is 4.00. The standard InChI is InChI=1S/C9H11NO3S/c1-6-4-8(14(3,12)13)5-10-9(6)7(2)11/h4-5H,1-3H3. The summed E-state index contributed by atoms with van der Waals surface area (Å²) in [4.78, 5) is 15.0. The zero-order valence-electron chi connectivity index (χ0n) is 8.23. The number of hydrogen-bond acceptors (Lipinski definition) is 4. The van der Waals surface area contributed by atoms with Crippen LogP contribution in [0.5, 0.6) is 0 Å². The van der Waals surface area contributed by atoms with Crippen molar-refractivity contribution in [3.8, 4) is 0 Å². The zero-order chi connectivity index (χ0) is 10.9. The highest BCUT2D eigenvalue weighted by molar-refractivity contribution is 7.90. The van der Waals surface area contributed by atoms with E-state index in [-0.39, 0.29) is 10.7 Å². The first-order valence-corrected chi connectivity index (χ1v) is 5.89. The van der Waals surface area contributed by atoms with E-state index in [1.807, 2.05) is 0 Å². The van der Waals surface area contributed by atoms with Crippen LogP contribution in [0.15, 0.2) is 17.2 Å². The van der Waals surface area contributed by atoms with Crippen LogP contribution in [0.3, 0.4) is 0 Å². The Morgan fingerprint density at radius 3 is 2.36 bits per heavy atom. The third-order valence-electron chi connectivity index (χ3n) is 1.81. The molecule has 1 aromatic heterocycles. The molecule has 0 spiro atoms. The second-order valence-corrected chi connectivity index (χ2v) is 5.18. The maximum Gasteiger partial charge on any atom is 0.178 e. The van der Waals surface area contributed by atoms with Gasteiger partial charge in [0.15, 0.2) is 15.6 Å². The lowest BCUT2D eigenvalue weighted by Crippen LogP contribution is -2.04. The van der Waals surface area contributed by atoms with Crippen molar-refractivity contribution >= 4 is 15.6 Å². The molecule has 0 bridgehead atoms. The molecule has 0 N–H and O–H groups in total. The van der Waals surface area contributed by atoms with Gasteiger partial charge in [-0.05, 0) is 18.6 Å². The Kier molecular flexibility index (Phi) is 2.71. The molecule has 1 aromatic rings. The van der Waals surface area contributed by atoms with Gasteiger partial charge >= 0.3 is 0 Å². The van der Waals surface area contributed by atoms with Gasteiger partial charge in [0.25, 0.3) is 0 Å². The van der Waals surface area contributed by atoms with Gasteiger partial charge in [-0.1, -0.05) is 0 Å². The molecule has 0 atom stereocenters. The van der Waals surface area contributed by atoms with E-state index in [0.717, 1.165) is 6.26 Å². The van der Waals surface area contributed by atoms with Gasteiger partial charge in [0.1, 0.15) is 5.69 Å². The number of ketones is 1. The molecular weight excluding hydrogens is 202 g/mol. The van der Waals surface area contributed by atoms with Gasteiger partial charge in [-0.15, -0.1) is 0 Å². The molecule has 0 amide bonds. The second kappa shape index (κ2) is 3.49. The van der Waals surface area contributed by atoms with Crippen LogP contribution in [0.25, 0.3) is 0 Å². The van der Waals surface area contributed by atoms with E-state index >= 15 is 0 Å². The first kappa shape index (κ1) is 10.8. The summed E-state index contributed by atoms with van der Waals surface area (Å²) in [5, 5.41) is 0. The number of carbonyl (C=O) groups excluding carboxylic acids is 1. The van der Waals surface area contributed by atoms with Crippen LogP contribution in [0.4, 0.5) is 0 Å². The SMILES string of the molecule is CC(=O)c1ncc(S(C)(=O)=O)cc1C. The molecule has 0 aromatic carbocycles. The maximum atomic E-state index is 11.1. The van der Waals surface area contributed by atoms with Gasteiger partial charge in [0.2, 0.25) is 0 Å². The average molecular weight is 213 g/mol. The summed E-state index contributed by atoms with van der Waals surface area (Å²) in [7, 11) is -3.24. The quantitative estimate of drug-likeness (QED) is 0.687. The fraction of sp³-hybridized carbons (Fsp3) is 0.333. The normalized spacial score (nSPS) is 11.4. The molecule has 0 aliphatic heterocycles. The number of nitrogens with zero attached hydrogens (tertiary/aromatic N) is 1. The minimum absolute atomic E-state index is 0.139. The number of rotatable bonds is 2. The van der Waals surface area contributed by atoms with E-state index in [9.17, 15) is 13.2 Å². The summed E-state index contributed by atoms with van der Waals surface area (Å²) < 4.78 is 22.3. The van der Waals surface area contributed by atoms with Crippen molar-refractivity contribution in [2.24, 2.45) is 0 Å². The van der Waals surface area contributed by atoms with E-state index in [1.165, 1.54) is 19.2 Å². The molecular formula is C9H11NO3S. The smallest absolute Gasteiger partial charge is 0.178 e. The Bertz CT molecular complexity index is 477. The summed E-state index contributed by atoms with van der Waals surface area (Å²) in [6.07, 6.45) is 2.32. The van der Waals surface area contributed by atoms with Crippen molar-refractivity contribution in [2.75, 3.05) is 6.26 Å². The van der Waals surface area contributed by atoms with E-state index in [0.29, 0.717) is 11.3 Å². The molecule has 5 heteroatoms. The number of sulfone groups is 1. The van der Waals surface area contributed by atoms with Crippen LogP contribution in [-0.4, -0.2) is 25.4 Å². The summed E-state index contributed by atoms with van der Waals surface area (Å²) >= 11 is 0. The lowest BCUT2D eigenvalue weighted by Gasteiger charge is -2.02. The van der Waals surface area contributed by atoms with Crippen molar-refractivity contribution < 1.29 is 13.2 Å². The van der Waals surface area contributed by atoms with Crippen LogP contribution >= 0.6 is 0 Å². The summed E-state index contributed by atoms with van der Waals surface area (Å²) in [6.45, 7) is 3.06. The minimum Gasteiger partial charge on any atom is -0.293 e. The van der Waals surface area contributed by atoms with E-state index < -0.39 is 9.84 Å². The number of aryl methyl sites for hydroxylation is 1. The molecule has 0 aliphatic rings. The molecule has 1 rings (SSSR count). The molecule has 0 unspecified atom stereocenters. The third kappa shape index (κ3) is 2.17. The number of hydrogen-bond donors (Lipinski definition) is 0. The molecule has 76 valence electrons. The van der Waals surface area contributed by atoms with Crippen molar-refractivity contribution in [3.05, 3.63) is 23.5 Å². The average Bonchev–Trinajstić information content (AvgIpc) is 2.01. The number of carbonyl (C=O) groups is 1. The monoisotopic (exact) mass is 213 g/mol. The molecule has 4 nitrogen and oxygen atoms in total. The van der Waals surface area contributed by atoms with Gasteiger partial charge in [0.05, 0.1) is 4.90 Å². The predicted molar refractivity (Wildman–Crippen MR) is 52.1 cm³/mol. The number of pyridine rings is 1. The number of Topliss-reactive ketones (excluding diaryl/α,β-unsaturated/α-hetero) is 1. The van der Waals surface area contributed by atoms with Crippen molar-refractivity contribution in [3.63, 3.8) is 0 Å². The second-order valence-electron chi connectivity index (χ2n) is 3.16. The molecule has 0 radical (unpaired) electrons. The van der Waals surface area contributed by atoms with E-state index in [2.05, 4.69) is 4.98 Å².